The summed E-state index contributed by atoms with van der Waals surface area (Å²) in [5, 5.41) is 23.0. The molecular formula is C28H36ClFN8O2Si. The molecule has 1 aromatic carbocycles. The van der Waals surface area contributed by atoms with Crippen LogP contribution in [0.4, 0.5) is 16.0 Å². The Morgan fingerprint density at radius 1 is 1.12 bits per heavy atom. The summed E-state index contributed by atoms with van der Waals surface area (Å²) in [6.45, 7) is 8.17. The summed E-state index contributed by atoms with van der Waals surface area (Å²) < 4.78 is 28.0. The van der Waals surface area contributed by atoms with Gasteiger partial charge in [-0.2, -0.15) is 10.3 Å². The van der Waals surface area contributed by atoms with Gasteiger partial charge in [0, 0.05) is 44.5 Å². The normalized spacial score (nSPS) is 19.3. The van der Waals surface area contributed by atoms with Gasteiger partial charge >= 0.3 is 0 Å². The number of anilines is 2. The first-order chi connectivity index (χ1) is 19.7. The van der Waals surface area contributed by atoms with Crippen molar-refractivity contribution in [3.8, 4) is 5.75 Å². The molecule has 1 fully saturated rings. The second kappa shape index (κ2) is 12.7. The summed E-state index contributed by atoms with van der Waals surface area (Å²) in [6.07, 6.45) is 5.26. The number of hydrogen-bond acceptors (Lipinski definition) is 8. The highest BCUT2D eigenvalue weighted by Gasteiger charge is 2.41. The van der Waals surface area contributed by atoms with Crippen LogP contribution in [0.25, 0.3) is 0 Å². The number of hydrogen-bond donors (Lipinski definition) is 2. The van der Waals surface area contributed by atoms with E-state index in [1.807, 2.05) is 30.5 Å². The molecule has 1 aliphatic rings. The molecule has 0 amide bonds. The van der Waals surface area contributed by atoms with Crippen molar-refractivity contribution >= 4 is 31.3 Å². The maximum Gasteiger partial charge on any atom is 0.183 e. The number of aromatic nitrogens is 7. The molecule has 3 aromatic heterocycles. The van der Waals surface area contributed by atoms with Crippen LogP contribution >= 0.6 is 11.6 Å². The van der Waals surface area contributed by atoms with Crippen LogP contribution in [0.3, 0.4) is 0 Å². The minimum atomic E-state index is -1.12. The summed E-state index contributed by atoms with van der Waals surface area (Å²) in [4.78, 5) is 4.87. The van der Waals surface area contributed by atoms with Gasteiger partial charge in [-0.3, -0.25) is 0 Å². The van der Waals surface area contributed by atoms with Gasteiger partial charge in [0.05, 0.1) is 11.1 Å². The van der Waals surface area contributed by atoms with Crippen LogP contribution in [0.2, 0.25) is 30.7 Å². The van der Waals surface area contributed by atoms with E-state index in [0.29, 0.717) is 43.5 Å². The van der Waals surface area contributed by atoms with Crippen LogP contribution in [0.1, 0.15) is 37.2 Å². The molecule has 0 bridgehead atoms. The third-order valence-corrected chi connectivity index (χ3v) is 9.36. The molecule has 13 heteroatoms. The molecule has 5 rings (SSSR count). The maximum absolute atomic E-state index is 14.4. The fourth-order valence-corrected chi connectivity index (χ4v) is 5.97. The van der Waals surface area contributed by atoms with Gasteiger partial charge < -0.3 is 14.8 Å². The number of halogens is 2. The quantitative estimate of drug-likeness (QED) is 0.147. The number of benzene rings is 1. The van der Waals surface area contributed by atoms with Crippen molar-refractivity contribution in [1.29, 1.82) is 0 Å². The lowest BCUT2D eigenvalue weighted by molar-refractivity contribution is 0.0788. The second-order valence-electron chi connectivity index (χ2n) is 11.8. The number of pyridine rings is 1. The monoisotopic (exact) mass is 598 g/mol. The van der Waals surface area contributed by atoms with Gasteiger partial charge in [0.25, 0.3) is 0 Å². The van der Waals surface area contributed by atoms with E-state index in [9.17, 15) is 4.39 Å². The Labute approximate surface area is 245 Å². The van der Waals surface area contributed by atoms with Gasteiger partial charge in [0.15, 0.2) is 23.2 Å². The number of aromatic amines is 1. The van der Waals surface area contributed by atoms with Crippen LogP contribution in [0, 0.1) is 5.82 Å². The average molecular weight is 599 g/mol. The molecule has 2 N–H and O–H groups in total. The number of H-pyrrole nitrogens is 1. The summed E-state index contributed by atoms with van der Waals surface area (Å²) in [7, 11) is -1.12. The molecular weight excluding hydrogens is 563 g/mol. The predicted molar refractivity (Wildman–Crippen MR) is 158 cm³/mol. The largest absolute Gasteiger partial charge is 0.487 e. The number of rotatable bonds is 12. The summed E-state index contributed by atoms with van der Waals surface area (Å²) >= 11 is 5.94. The standard InChI is InChI=1S/C28H36ClFN8O2Si/c1-41(2,3)17-16-39-19-38-15-12-25(35-38)32-24-9-4-6-20(31-24)18-28(27-33-36-37-34-27)13-10-21(11-14-28)40-23-8-5-7-22(29)26(23)30/h4-9,12,15,21H,10-11,13-14,16-19H2,1-3H3,(H,31,32,35)(H,33,34,36,37). The zero-order valence-electron chi connectivity index (χ0n) is 23.6. The van der Waals surface area contributed by atoms with Crippen molar-refractivity contribution in [3.63, 3.8) is 0 Å². The summed E-state index contributed by atoms with van der Waals surface area (Å²) in [6, 6.07) is 13.7. The Morgan fingerprint density at radius 3 is 2.68 bits per heavy atom. The molecule has 0 aliphatic heterocycles. The molecule has 0 atom stereocenters. The van der Waals surface area contributed by atoms with E-state index in [0.717, 1.165) is 31.2 Å². The van der Waals surface area contributed by atoms with Crippen molar-refractivity contribution in [1.82, 2.24) is 35.4 Å². The fraction of sp³-hybridized carbons (Fsp3) is 0.464. The Bertz CT molecular complexity index is 1420. The molecule has 218 valence electrons. The topological polar surface area (TPSA) is 116 Å². The average Bonchev–Trinajstić information content (AvgIpc) is 3.63. The third-order valence-electron chi connectivity index (χ3n) is 7.36. The van der Waals surface area contributed by atoms with Gasteiger partial charge in [-0.15, -0.1) is 10.2 Å². The van der Waals surface area contributed by atoms with E-state index in [4.69, 9.17) is 26.1 Å². The first-order valence-corrected chi connectivity index (χ1v) is 18.0. The van der Waals surface area contributed by atoms with E-state index < -0.39 is 13.9 Å². The SMILES string of the molecule is C[Si](C)(C)CCOCn1ccc(Nc2cccc(CC3(c4nn[nH]n4)CCC(Oc4cccc(Cl)c4F)CC3)n2)n1. The molecule has 3 heterocycles. The van der Waals surface area contributed by atoms with E-state index in [1.54, 1.807) is 16.8 Å². The second-order valence-corrected chi connectivity index (χ2v) is 17.8. The van der Waals surface area contributed by atoms with Crippen molar-refractivity contribution < 1.29 is 13.9 Å². The van der Waals surface area contributed by atoms with E-state index >= 15 is 0 Å². The summed E-state index contributed by atoms with van der Waals surface area (Å²) in [5.74, 6) is 1.69. The first-order valence-electron chi connectivity index (χ1n) is 13.9. The van der Waals surface area contributed by atoms with Crippen molar-refractivity contribution in [2.75, 3.05) is 11.9 Å². The van der Waals surface area contributed by atoms with Crippen LogP contribution in [0.15, 0.2) is 48.7 Å². The Morgan fingerprint density at radius 2 is 1.93 bits per heavy atom. The van der Waals surface area contributed by atoms with E-state index in [-0.39, 0.29) is 22.3 Å². The van der Waals surface area contributed by atoms with Crippen LogP contribution in [-0.2, 0) is 23.3 Å². The smallest absolute Gasteiger partial charge is 0.183 e. The molecule has 41 heavy (non-hydrogen) atoms. The van der Waals surface area contributed by atoms with E-state index in [2.05, 4.69) is 50.7 Å². The number of ether oxygens (including phenoxy) is 2. The van der Waals surface area contributed by atoms with Crippen molar-refractivity contribution in [2.24, 2.45) is 0 Å². The first kappa shape index (κ1) is 29.1. The fourth-order valence-electron chi connectivity index (χ4n) is 5.04. The van der Waals surface area contributed by atoms with Crippen LogP contribution in [0.5, 0.6) is 5.75 Å². The van der Waals surface area contributed by atoms with Gasteiger partial charge in [0.2, 0.25) is 0 Å². The highest BCUT2D eigenvalue weighted by molar-refractivity contribution is 6.76. The van der Waals surface area contributed by atoms with E-state index in [1.165, 1.54) is 6.07 Å². The molecule has 4 aromatic rings. The molecule has 0 unspecified atom stereocenters. The third kappa shape index (κ3) is 7.69. The molecule has 0 spiro atoms. The van der Waals surface area contributed by atoms with Crippen molar-refractivity contribution in [2.45, 2.75) is 76.0 Å². The lowest BCUT2D eigenvalue weighted by atomic mass is 9.69. The number of nitrogens with zero attached hydrogens (tertiary/aromatic N) is 6. The lowest BCUT2D eigenvalue weighted by Gasteiger charge is -2.37. The Hall–Kier alpha value is -3.35. The minimum absolute atomic E-state index is 0.0524. The molecule has 0 saturated heterocycles. The number of nitrogens with one attached hydrogen (secondary N) is 2. The van der Waals surface area contributed by atoms with Crippen LogP contribution in [-0.4, -0.2) is 56.2 Å². The minimum Gasteiger partial charge on any atom is -0.487 e. The molecule has 0 radical (unpaired) electrons. The molecule has 1 saturated carbocycles. The Balaban J connectivity index is 1.22. The van der Waals surface area contributed by atoms with Crippen molar-refractivity contribution in [3.05, 3.63) is 71.0 Å². The highest BCUT2D eigenvalue weighted by Crippen LogP contribution is 2.41. The zero-order chi connectivity index (χ0) is 28.9. The Kier molecular flexibility index (Phi) is 9.00. The van der Waals surface area contributed by atoms with Gasteiger partial charge in [-0.05, 0) is 56.0 Å². The zero-order valence-corrected chi connectivity index (χ0v) is 25.4. The van der Waals surface area contributed by atoms with Gasteiger partial charge in [-0.25, -0.2) is 14.1 Å². The summed E-state index contributed by atoms with van der Waals surface area (Å²) in [5.41, 5.74) is 0.523. The molecule has 10 nitrogen and oxygen atoms in total. The molecule has 1 aliphatic carbocycles. The number of tetrazole rings is 1. The highest BCUT2D eigenvalue weighted by atomic mass is 35.5. The van der Waals surface area contributed by atoms with Crippen LogP contribution < -0.4 is 10.1 Å². The van der Waals surface area contributed by atoms with Gasteiger partial charge in [-0.1, -0.05) is 48.6 Å². The predicted octanol–water partition coefficient (Wildman–Crippen LogP) is 6.14. The maximum atomic E-state index is 14.4. The van der Waals surface area contributed by atoms with Gasteiger partial charge in [0.1, 0.15) is 12.5 Å². The lowest BCUT2D eigenvalue weighted by Crippen LogP contribution is -2.38.